The number of ether oxygens (including phenoxy) is 1. The molecule has 3 heteroatoms. The zero-order chi connectivity index (χ0) is 13.7. The van der Waals surface area contributed by atoms with Crippen LogP contribution in [0.4, 0.5) is 0 Å². The normalized spacial score (nSPS) is 23.6. The average molecular weight is 262 g/mol. The summed E-state index contributed by atoms with van der Waals surface area (Å²) in [5.41, 5.74) is 6.84. The molecule has 2 N–H and O–H groups in total. The Bertz CT molecular complexity index is 375. The number of hydrogen-bond donors (Lipinski definition) is 1. The van der Waals surface area contributed by atoms with Gasteiger partial charge in [0.1, 0.15) is 11.9 Å². The molecule has 1 aromatic carbocycles. The van der Waals surface area contributed by atoms with E-state index in [1.54, 1.807) is 0 Å². The van der Waals surface area contributed by atoms with E-state index in [9.17, 15) is 0 Å². The molecule has 19 heavy (non-hydrogen) atoms. The maximum Gasteiger partial charge on any atom is 0.119 e. The topological polar surface area (TPSA) is 38.5 Å². The summed E-state index contributed by atoms with van der Waals surface area (Å²) in [6, 6.07) is 8.93. The van der Waals surface area contributed by atoms with Crippen LogP contribution in [-0.2, 0) is 6.42 Å². The first kappa shape index (κ1) is 14.4. The molecule has 0 radical (unpaired) electrons. The molecule has 0 saturated heterocycles. The van der Waals surface area contributed by atoms with Gasteiger partial charge in [0.05, 0.1) is 0 Å². The van der Waals surface area contributed by atoms with E-state index < -0.39 is 0 Å². The van der Waals surface area contributed by atoms with E-state index in [-0.39, 0.29) is 0 Å². The molecular formula is C16H26N2O. The number of hydrogen-bond acceptors (Lipinski definition) is 3. The molecule has 3 nitrogen and oxygen atoms in total. The lowest BCUT2D eigenvalue weighted by Gasteiger charge is -2.36. The lowest BCUT2D eigenvalue weighted by atomic mass is 9.91. The zero-order valence-electron chi connectivity index (χ0n) is 12.1. The fourth-order valence-corrected chi connectivity index (χ4v) is 2.88. The summed E-state index contributed by atoms with van der Waals surface area (Å²) in [7, 11) is 4.30. The van der Waals surface area contributed by atoms with Crippen LogP contribution in [-0.4, -0.2) is 37.7 Å². The molecule has 2 atom stereocenters. The van der Waals surface area contributed by atoms with Gasteiger partial charge in [-0.3, -0.25) is 0 Å². The van der Waals surface area contributed by atoms with Crippen molar-refractivity contribution in [1.29, 1.82) is 0 Å². The molecule has 0 amide bonds. The summed E-state index contributed by atoms with van der Waals surface area (Å²) in [4.78, 5) is 2.30. The van der Waals surface area contributed by atoms with E-state index in [0.29, 0.717) is 18.7 Å². The fraction of sp³-hybridized carbons (Fsp3) is 0.625. The minimum Gasteiger partial charge on any atom is -0.489 e. The van der Waals surface area contributed by atoms with Crippen molar-refractivity contribution in [1.82, 2.24) is 4.90 Å². The van der Waals surface area contributed by atoms with Crippen LogP contribution in [0.25, 0.3) is 0 Å². The molecule has 1 aliphatic rings. The fourth-order valence-electron chi connectivity index (χ4n) is 2.88. The Labute approximate surface area is 116 Å². The Balaban J connectivity index is 1.98. The maximum atomic E-state index is 6.19. The number of benzene rings is 1. The molecule has 0 spiro atoms. The van der Waals surface area contributed by atoms with Crippen LogP contribution in [0.3, 0.4) is 0 Å². The van der Waals surface area contributed by atoms with Gasteiger partial charge < -0.3 is 15.4 Å². The van der Waals surface area contributed by atoms with Crippen molar-refractivity contribution in [2.75, 3.05) is 20.6 Å². The highest BCUT2D eigenvalue weighted by atomic mass is 16.5. The van der Waals surface area contributed by atoms with Crippen LogP contribution in [0.1, 0.15) is 31.2 Å². The first-order valence-corrected chi connectivity index (χ1v) is 7.33. The van der Waals surface area contributed by atoms with Gasteiger partial charge in [0.15, 0.2) is 0 Å². The molecule has 2 rings (SSSR count). The minimum atomic E-state index is 0.323. The van der Waals surface area contributed by atoms with Gasteiger partial charge in [-0.2, -0.15) is 0 Å². The molecule has 0 aromatic heterocycles. The van der Waals surface area contributed by atoms with E-state index >= 15 is 0 Å². The molecule has 1 aliphatic carbocycles. The van der Waals surface area contributed by atoms with Gasteiger partial charge in [-0.25, -0.2) is 0 Å². The molecule has 1 aromatic rings. The summed E-state index contributed by atoms with van der Waals surface area (Å²) < 4.78 is 6.19. The van der Waals surface area contributed by atoms with Gasteiger partial charge in [0.2, 0.25) is 0 Å². The van der Waals surface area contributed by atoms with Crippen LogP contribution in [0, 0.1) is 0 Å². The predicted molar refractivity (Wildman–Crippen MR) is 79.6 cm³/mol. The molecule has 0 bridgehead atoms. The maximum absolute atomic E-state index is 6.19. The van der Waals surface area contributed by atoms with Crippen LogP contribution in [0.2, 0.25) is 0 Å². The zero-order valence-corrected chi connectivity index (χ0v) is 12.1. The Morgan fingerprint density at radius 1 is 1.16 bits per heavy atom. The number of nitrogens with zero attached hydrogens (tertiary/aromatic N) is 1. The standard InChI is InChI=1S/C16H26N2O/c1-18(2)15-5-3-4-6-16(15)19-14-9-7-13(8-10-14)11-12-17/h7-10,15-16H,3-6,11-12,17H2,1-2H3. The predicted octanol–water partition coefficient (Wildman–Crippen LogP) is 2.44. The third-order valence-electron chi connectivity index (χ3n) is 3.97. The van der Waals surface area contributed by atoms with Crippen molar-refractivity contribution in [2.45, 2.75) is 44.2 Å². The smallest absolute Gasteiger partial charge is 0.119 e. The van der Waals surface area contributed by atoms with Gasteiger partial charge in [0, 0.05) is 6.04 Å². The van der Waals surface area contributed by atoms with E-state index in [4.69, 9.17) is 10.5 Å². The lowest BCUT2D eigenvalue weighted by Crippen LogP contribution is -2.44. The molecule has 106 valence electrons. The van der Waals surface area contributed by atoms with Crippen molar-refractivity contribution in [3.8, 4) is 5.75 Å². The second kappa shape index (κ2) is 6.92. The van der Waals surface area contributed by atoms with Gasteiger partial charge in [-0.05, 0) is 64.0 Å². The van der Waals surface area contributed by atoms with Crippen LogP contribution in [0.15, 0.2) is 24.3 Å². The third kappa shape index (κ3) is 3.95. The van der Waals surface area contributed by atoms with E-state index in [1.807, 2.05) is 0 Å². The van der Waals surface area contributed by atoms with Crippen LogP contribution < -0.4 is 10.5 Å². The summed E-state index contributed by atoms with van der Waals surface area (Å²) in [5, 5.41) is 0. The van der Waals surface area contributed by atoms with Crippen molar-refractivity contribution < 1.29 is 4.74 Å². The number of nitrogens with two attached hydrogens (primary N) is 1. The van der Waals surface area contributed by atoms with Crippen LogP contribution in [0.5, 0.6) is 5.75 Å². The highest BCUT2D eigenvalue weighted by Gasteiger charge is 2.28. The van der Waals surface area contributed by atoms with E-state index in [2.05, 4.69) is 43.3 Å². The van der Waals surface area contributed by atoms with Crippen LogP contribution >= 0.6 is 0 Å². The summed E-state index contributed by atoms with van der Waals surface area (Å²) in [6.07, 6.45) is 6.25. The minimum absolute atomic E-state index is 0.323. The quantitative estimate of drug-likeness (QED) is 0.886. The monoisotopic (exact) mass is 262 g/mol. The largest absolute Gasteiger partial charge is 0.489 e. The van der Waals surface area contributed by atoms with Crippen molar-refractivity contribution in [3.63, 3.8) is 0 Å². The van der Waals surface area contributed by atoms with Crippen molar-refractivity contribution >= 4 is 0 Å². The molecule has 2 unspecified atom stereocenters. The molecule has 0 aliphatic heterocycles. The van der Waals surface area contributed by atoms with E-state index in [1.165, 1.54) is 24.8 Å². The van der Waals surface area contributed by atoms with Gasteiger partial charge in [-0.15, -0.1) is 0 Å². The second-order valence-electron chi connectivity index (χ2n) is 5.65. The molecular weight excluding hydrogens is 236 g/mol. The first-order chi connectivity index (χ1) is 9.20. The van der Waals surface area contributed by atoms with Crippen molar-refractivity contribution in [3.05, 3.63) is 29.8 Å². The van der Waals surface area contributed by atoms with Gasteiger partial charge in [0.25, 0.3) is 0 Å². The number of likely N-dealkylation sites (N-methyl/N-ethyl adjacent to an activating group) is 1. The summed E-state index contributed by atoms with van der Waals surface area (Å²) >= 11 is 0. The van der Waals surface area contributed by atoms with Crippen molar-refractivity contribution in [2.24, 2.45) is 5.73 Å². The Morgan fingerprint density at radius 3 is 2.47 bits per heavy atom. The summed E-state index contributed by atoms with van der Waals surface area (Å²) in [5.74, 6) is 0.986. The lowest BCUT2D eigenvalue weighted by molar-refractivity contribution is 0.0622. The number of rotatable bonds is 5. The van der Waals surface area contributed by atoms with E-state index in [0.717, 1.165) is 18.6 Å². The Hall–Kier alpha value is -1.06. The molecule has 1 saturated carbocycles. The highest BCUT2D eigenvalue weighted by Crippen LogP contribution is 2.26. The molecule has 1 fully saturated rings. The molecule has 0 heterocycles. The summed E-state index contributed by atoms with van der Waals surface area (Å²) in [6.45, 7) is 0.700. The van der Waals surface area contributed by atoms with Gasteiger partial charge >= 0.3 is 0 Å². The Morgan fingerprint density at radius 2 is 1.84 bits per heavy atom. The average Bonchev–Trinajstić information content (AvgIpc) is 2.42. The Kier molecular flexibility index (Phi) is 5.23. The first-order valence-electron chi connectivity index (χ1n) is 7.33. The van der Waals surface area contributed by atoms with Gasteiger partial charge in [-0.1, -0.05) is 18.6 Å². The second-order valence-corrected chi connectivity index (χ2v) is 5.65. The third-order valence-corrected chi connectivity index (χ3v) is 3.97. The SMILES string of the molecule is CN(C)C1CCCCC1Oc1ccc(CCN)cc1. The highest BCUT2D eigenvalue weighted by molar-refractivity contribution is 5.27.